The number of allylic oxidation sites excluding steroid dienone is 1. The average molecular weight is 249 g/mol. The minimum absolute atomic E-state index is 0.117. The van der Waals surface area contributed by atoms with Crippen molar-refractivity contribution in [3.8, 4) is 6.07 Å². The van der Waals surface area contributed by atoms with Gasteiger partial charge in [0.1, 0.15) is 11.5 Å². The Morgan fingerprint density at radius 3 is 2.89 bits per heavy atom. The van der Waals surface area contributed by atoms with E-state index < -0.39 is 5.41 Å². The summed E-state index contributed by atoms with van der Waals surface area (Å²) < 4.78 is 0. The molecule has 0 unspecified atom stereocenters. The lowest BCUT2D eigenvalue weighted by atomic mass is 9.87. The molecule has 18 heavy (non-hydrogen) atoms. The van der Waals surface area contributed by atoms with E-state index in [2.05, 4.69) is 32.0 Å². The molecule has 9 nitrogen and oxygen atoms in total. The predicted molar refractivity (Wildman–Crippen MR) is 65.8 cm³/mol. The zero-order valence-electron chi connectivity index (χ0n) is 10.5. The monoisotopic (exact) mass is 249 g/mol. The Balaban J connectivity index is 3.25. The molecule has 1 rings (SSSR count). The Hall–Kier alpha value is -2.43. The molecule has 0 bridgehead atoms. The van der Waals surface area contributed by atoms with Crippen LogP contribution in [-0.2, 0) is 0 Å². The minimum atomic E-state index is -0.893. The van der Waals surface area contributed by atoms with E-state index in [1.807, 2.05) is 6.92 Å². The molecule has 0 radical (unpaired) electrons. The molecule has 0 saturated carbocycles. The highest BCUT2D eigenvalue weighted by Gasteiger charge is 2.32. The van der Waals surface area contributed by atoms with Crippen LogP contribution in [0.2, 0.25) is 0 Å². The summed E-state index contributed by atoms with van der Waals surface area (Å²) in [5.74, 6) is 0.117. The van der Waals surface area contributed by atoms with E-state index in [4.69, 9.17) is 16.5 Å². The van der Waals surface area contributed by atoms with Crippen molar-refractivity contribution in [1.82, 2.24) is 16.1 Å². The van der Waals surface area contributed by atoms with Gasteiger partial charge in [-0.05, 0) is 24.5 Å². The molecule has 0 aromatic heterocycles. The number of hydrogen-bond donors (Lipinski definition) is 3. The molecule has 0 fully saturated rings. The summed E-state index contributed by atoms with van der Waals surface area (Å²) in [6.45, 7) is 5.84. The molecule has 0 amide bonds. The van der Waals surface area contributed by atoms with Crippen LogP contribution in [0.4, 0.5) is 0 Å². The third-order valence-corrected chi connectivity index (χ3v) is 2.25. The highest BCUT2D eigenvalue weighted by Crippen LogP contribution is 2.23. The van der Waals surface area contributed by atoms with Gasteiger partial charge in [0.2, 0.25) is 0 Å². The second-order valence-corrected chi connectivity index (χ2v) is 4.07. The van der Waals surface area contributed by atoms with Gasteiger partial charge in [0, 0.05) is 11.5 Å². The van der Waals surface area contributed by atoms with Gasteiger partial charge in [-0.2, -0.15) is 10.7 Å². The van der Waals surface area contributed by atoms with Gasteiger partial charge in [-0.3, -0.25) is 5.43 Å². The molecule has 0 atom stereocenters. The number of hydrogen-bond acceptors (Lipinski definition) is 7. The van der Waals surface area contributed by atoms with Crippen molar-refractivity contribution in [3.63, 3.8) is 0 Å². The molecule has 9 heteroatoms. The van der Waals surface area contributed by atoms with Crippen LogP contribution >= 0.6 is 0 Å². The highest BCUT2D eigenvalue weighted by atomic mass is 15.9. The van der Waals surface area contributed by atoms with E-state index in [1.165, 1.54) is 5.23 Å². The number of nitrogens with one attached hydrogen (secondary N) is 2. The standard InChI is InChI=1S/C9H15N9/c1-4-13-18-15-7(9(2,3)5-10)6(11)8(16-18)14-17-12/h13,16H,4,11H2,1-3H3. The first-order valence-electron chi connectivity index (χ1n) is 5.32. The molecule has 1 aliphatic heterocycles. The molecule has 0 aliphatic carbocycles. The number of rotatable bonds is 4. The first kappa shape index (κ1) is 13.6. The summed E-state index contributed by atoms with van der Waals surface area (Å²) in [5, 5.41) is 18.0. The number of hydrazone groups is 1. The lowest BCUT2D eigenvalue weighted by molar-refractivity contribution is 0.136. The molecule has 0 saturated heterocycles. The van der Waals surface area contributed by atoms with Gasteiger partial charge in [0.05, 0.1) is 17.2 Å². The number of nitrogens with two attached hydrogens (primary N) is 1. The van der Waals surface area contributed by atoms with Gasteiger partial charge in [-0.15, -0.1) is 10.3 Å². The summed E-state index contributed by atoms with van der Waals surface area (Å²) in [5.41, 5.74) is 19.5. The molecular formula is C9H15N9. The van der Waals surface area contributed by atoms with Crippen LogP contribution in [0.5, 0.6) is 0 Å². The fraction of sp³-hybridized carbons (Fsp3) is 0.556. The molecule has 1 aliphatic rings. The number of hydrazine groups is 2. The lowest BCUT2D eigenvalue weighted by Gasteiger charge is -2.30. The second-order valence-electron chi connectivity index (χ2n) is 4.07. The lowest BCUT2D eigenvalue weighted by Crippen LogP contribution is -2.50. The van der Waals surface area contributed by atoms with Crippen molar-refractivity contribution >= 4 is 5.71 Å². The zero-order chi connectivity index (χ0) is 13.8. The Labute approximate surface area is 104 Å². The van der Waals surface area contributed by atoms with Crippen LogP contribution in [-0.4, -0.2) is 17.5 Å². The van der Waals surface area contributed by atoms with Crippen molar-refractivity contribution < 1.29 is 0 Å². The fourth-order valence-electron chi connectivity index (χ4n) is 1.31. The molecule has 4 N–H and O–H groups in total. The largest absolute Gasteiger partial charge is 0.396 e. The van der Waals surface area contributed by atoms with Crippen LogP contribution in [0.1, 0.15) is 20.8 Å². The summed E-state index contributed by atoms with van der Waals surface area (Å²) in [4.78, 5) is 2.68. The predicted octanol–water partition coefficient (Wildman–Crippen LogP) is 0.675. The maximum absolute atomic E-state index is 9.12. The first-order chi connectivity index (χ1) is 8.46. The Morgan fingerprint density at radius 2 is 2.39 bits per heavy atom. The molecule has 0 spiro atoms. The Kier molecular flexibility index (Phi) is 3.99. The Bertz CT molecular complexity index is 475. The fourth-order valence-corrected chi connectivity index (χ4v) is 1.31. The number of azide groups is 1. The van der Waals surface area contributed by atoms with E-state index in [9.17, 15) is 0 Å². The minimum Gasteiger partial charge on any atom is -0.396 e. The Morgan fingerprint density at radius 1 is 1.72 bits per heavy atom. The van der Waals surface area contributed by atoms with Gasteiger partial charge < -0.3 is 5.73 Å². The van der Waals surface area contributed by atoms with E-state index in [0.29, 0.717) is 12.3 Å². The molecule has 0 aromatic rings. The summed E-state index contributed by atoms with van der Waals surface area (Å²) in [7, 11) is 0. The maximum Gasteiger partial charge on any atom is 0.146 e. The topological polar surface area (TPSA) is 138 Å². The molecular weight excluding hydrogens is 234 g/mol. The molecule has 96 valence electrons. The van der Waals surface area contributed by atoms with Crippen LogP contribution in [0.25, 0.3) is 10.4 Å². The van der Waals surface area contributed by atoms with E-state index in [0.717, 1.165) is 0 Å². The van der Waals surface area contributed by atoms with Crippen LogP contribution < -0.4 is 16.6 Å². The maximum atomic E-state index is 9.12. The zero-order valence-corrected chi connectivity index (χ0v) is 10.5. The smallest absolute Gasteiger partial charge is 0.146 e. The van der Waals surface area contributed by atoms with Crippen molar-refractivity contribution in [2.24, 2.45) is 21.4 Å². The number of nitriles is 1. The normalized spacial score (nSPS) is 15.4. The van der Waals surface area contributed by atoms with Crippen molar-refractivity contribution in [1.29, 1.82) is 5.26 Å². The number of nitrogens with zero attached hydrogens (tertiary/aromatic N) is 6. The summed E-state index contributed by atoms with van der Waals surface area (Å²) in [6.07, 6.45) is 0. The van der Waals surface area contributed by atoms with Crippen LogP contribution in [0.3, 0.4) is 0 Å². The van der Waals surface area contributed by atoms with Gasteiger partial charge in [0.15, 0.2) is 0 Å². The van der Waals surface area contributed by atoms with Crippen molar-refractivity contribution in [2.45, 2.75) is 20.8 Å². The van der Waals surface area contributed by atoms with Gasteiger partial charge in [-0.25, -0.2) is 0 Å². The van der Waals surface area contributed by atoms with E-state index in [1.54, 1.807) is 13.8 Å². The van der Waals surface area contributed by atoms with Crippen LogP contribution in [0.15, 0.2) is 21.7 Å². The van der Waals surface area contributed by atoms with E-state index in [-0.39, 0.29) is 11.5 Å². The summed E-state index contributed by atoms with van der Waals surface area (Å²) in [6, 6.07) is 2.10. The van der Waals surface area contributed by atoms with Gasteiger partial charge >= 0.3 is 0 Å². The highest BCUT2D eigenvalue weighted by molar-refractivity contribution is 6.05. The van der Waals surface area contributed by atoms with Crippen LogP contribution in [0, 0.1) is 16.7 Å². The SMILES string of the molecule is CCNN1N=C(C(C)(C)C#N)C(N)=C(N=[N+]=[N-])N1. The quantitative estimate of drug-likeness (QED) is 0.382. The first-order valence-corrected chi connectivity index (χ1v) is 5.32. The molecule has 0 aromatic carbocycles. The average Bonchev–Trinajstić information content (AvgIpc) is 2.33. The summed E-state index contributed by atoms with van der Waals surface area (Å²) >= 11 is 0. The second kappa shape index (κ2) is 5.27. The van der Waals surface area contributed by atoms with Gasteiger partial charge in [0.25, 0.3) is 0 Å². The third kappa shape index (κ3) is 2.63. The third-order valence-electron chi connectivity index (χ3n) is 2.25. The molecule has 1 heterocycles. The van der Waals surface area contributed by atoms with E-state index >= 15 is 0 Å². The van der Waals surface area contributed by atoms with Crippen molar-refractivity contribution in [2.75, 3.05) is 6.54 Å². The van der Waals surface area contributed by atoms with Gasteiger partial charge in [-0.1, -0.05) is 6.92 Å². The van der Waals surface area contributed by atoms with Crippen molar-refractivity contribution in [3.05, 3.63) is 22.0 Å².